The molecule has 0 spiro atoms. The summed E-state index contributed by atoms with van der Waals surface area (Å²) < 4.78 is 1.64. The number of carbonyl (C=O) groups excluding carboxylic acids is 1. The number of nitrogens with zero attached hydrogens (tertiary/aromatic N) is 4. The summed E-state index contributed by atoms with van der Waals surface area (Å²) in [6.07, 6.45) is 5.04. The molecule has 2 aromatic rings. The molecule has 1 aliphatic rings. The van der Waals surface area contributed by atoms with Gasteiger partial charge in [-0.3, -0.25) is 4.79 Å². The summed E-state index contributed by atoms with van der Waals surface area (Å²) in [5, 5.41) is 4.07. The number of benzene rings is 1. The Kier molecular flexibility index (Phi) is 3.47. The van der Waals surface area contributed by atoms with E-state index in [0.717, 1.165) is 25.1 Å². The van der Waals surface area contributed by atoms with Gasteiger partial charge in [-0.1, -0.05) is 6.07 Å². The summed E-state index contributed by atoms with van der Waals surface area (Å²) in [4.78, 5) is 18.2. The molecule has 2 N–H and O–H groups in total. The van der Waals surface area contributed by atoms with Crippen molar-refractivity contribution in [3.63, 3.8) is 0 Å². The molecular formula is C14H17N5O. The van der Waals surface area contributed by atoms with Crippen LogP contribution in [0.1, 0.15) is 23.2 Å². The summed E-state index contributed by atoms with van der Waals surface area (Å²) in [6.45, 7) is 1.41. The van der Waals surface area contributed by atoms with Crippen molar-refractivity contribution in [1.29, 1.82) is 0 Å². The van der Waals surface area contributed by atoms with E-state index in [0.29, 0.717) is 12.1 Å². The molecule has 20 heavy (non-hydrogen) atoms. The summed E-state index contributed by atoms with van der Waals surface area (Å²) >= 11 is 0. The summed E-state index contributed by atoms with van der Waals surface area (Å²) in [5.41, 5.74) is 7.42. The Bertz CT molecular complexity index is 595. The summed E-state index contributed by atoms with van der Waals surface area (Å²) in [6, 6.07) is 7.49. The van der Waals surface area contributed by atoms with Crippen molar-refractivity contribution in [3.8, 4) is 5.69 Å². The van der Waals surface area contributed by atoms with Gasteiger partial charge in [0.2, 0.25) is 0 Å². The molecule has 6 nitrogen and oxygen atoms in total. The minimum absolute atomic E-state index is 0.0297. The van der Waals surface area contributed by atoms with Gasteiger partial charge in [0.05, 0.1) is 5.69 Å². The zero-order valence-electron chi connectivity index (χ0n) is 11.1. The van der Waals surface area contributed by atoms with Crippen LogP contribution in [0.4, 0.5) is 0 Å². The Morgan fingerprint density at radius 3 is 3.05 bits per heavy atom. The molecule has 1 fully saturated rings. The Morgan fingerprint density at radius 2 is 2.30 bits per heavy atom. The van der Waals surface area contributed by atoms with E-state index in [9.17, 15) is 4.79 Å². The molecule has 1 atom stereocenters. The molecule has 2 heterocycles. The number of carbonyl (C=O) groups is 1. The van der Waals surface area contributed by atoms with Crippen LogP contribution in [-0.2, 0) is 0 Å². The molecule has 1 aliphatic heterocycles. The van der Waals surface area contributed by atoms with Gasteiger partial charge in [0.1, 0.15) is 12.7 Å². The third-order valence-electron chi connectivity index (χ3n) is 3.52. The monoisotopic (exact) mass is 271 g/mol. The van der Waals surface area contributed by atoms with Crippen molar-refractivity contribution in [3.05, 3.63) is 42.5 Å². The van der Waals surface area contributed by atoms with E-state index in [2.05, 4.69) is 10.1 Å². The van der Waals surface area contributed by atoms with Gasteiger partial charge in [-0.05, 0) is 31.0 Å². The lowest BCUT2D eigenvalue weighted by Gasteiger charge is -2.30. The Labute approximate surface area is 117 Å². The average Bonchev–Trinajstić information content (AvgIpc) is 3.01. The van der Waals surface area contributed by atoms with Crippen LogP contribution in [0.3, 0.4) is 0 Å². The highest BCUT2D eigenvalue weighted by atomic mass is 16.2. The number of rotatable bonds is 2. The number of hydrogen-bond donors (Lipinski definition) is 1. The van der Waals surface area contributed by atoms with Crippen LogP contribution < -0.4 is 5.73 Å². The normalized spacial score (nSPS) is 19.1. The lowest BCUT2D eigenvalue weighted by molar-refractivity contribution is 0.0709. The molecule has 1 aromatic heterocycles. The van der Waals surface area contributed by atoms with Gasteiger partial charge >= 0.3 is 0 Å². The van der Waals surface area contributed by atoms with Crippen molar-refractivity contribution >= 4 is 5.91 Å². The third kappa shape index (κ3) is 2.55. The van der Waals surface area contributed by atoms with E-state index >= 15 is 0 Å². The highest BCUT2D eigenvalue weighted by Gasteiger charge is 2.22. The predicted molar refractivity (Wildman–Crippen MR) is 74.5 cm³/mol. The van der Waals surface area contributed by atoms with Gasteiger partial charge in [-0.2, -0.15) is 5.10 Å². The molecule has 1 amide bonds. The molecular weight excluding hydrogens is 254 g/mol. The molecule has 0 bridgehead atoms. The first-order valence-electron chi connectivity index (χ1n) is 6.74. The number of hydrogen-bond acceptors (Lipinski definition) is 4. The van der Waals surface area contributed by atoms with Gasteiger partial charge in [-0.15, -0.1) is 0 Å². The lowest BCUT2D eigenvalue weighted by Crippen LogP contribution is -2.45. The van der Waals surface area contributed by atoms with Crippen LogP contribution >= 0.6 is 0 Å². The summed E-state index contributed by atoms with van der Waals surface area (Å²) in [7, 11) is 0. The van der Waals surface area contributed by atoms with Crippen molar-refractivity contribution < 1.29 is 4.79 Å². The molecule has 6 heteroatoms. The lowest BCUT2D eigenvalue weighted by atomic mass is 10.1. The van der Waals surface area contributed by atoms with Crippen molar-refractivity contribution in [2.24, 2.45) is 5.73 Å². The molecule has 1 saturated heterocycles. The van der Waals surface area contributed by atoms with Gasteiger partial charge in [0, 0.05) is 24.7 Å². The van der Waals surface area contributed by atoms with E-state index in [-0.39, 0.29) is 11.9 Å². The minimum Gasteiger partial charge on any atom is -0.337 e. The average molecular weight is 271 g/mol. The zero-order chi connectivity index (χ0) is 13.9. The van der Waals surface area contributed by atoms with Crippen LogP contribution in [-0.4, -0.2) is 44.7 Å². The van der Waals surface area contributed by atoms with Crippen LogP contribution in [0.2, 0.25) is 0 Å². The maximum absolute atomic E-state index is 12.5. The molecule has 0 saturated carbocycles. The Balaban J connectivity index is 1.83. The van der Waals surface area contributed by atoms with Crippen molar-refractivity contribution in [2.75, 3.05) is 13.1 Å². The maximum atomic E-state index is 12.5. The molecule has 0 aliphatic carbocycles. The van der Waals surface area contributed by atoms with Crippen LogP contribution in [0.15, 0.2) is 36.9 Å². The fourth-order valence-electron chi connectivity index (χ4n) is 2.50. The van der Waals surface area contributed by atoms with Crippen molar-refractivity contribution in [1.82, 2.24) is 19.7 Å². The second-order valence-electron chi connectivity index (χ2n) is 5.04. The van der Waals surface area contributed by atoms with Crippen LogP contribution in [0.5, 0.6) is 0 Å². The Morgan fingerprint density at radius 1 is 1.40 bits per heavy atom. The largest absolute Gasteiger partial charge is 0.337 e. The van der Waals surface area contributed by atoms with E-state index in [1.807, 2.05) is 29.2 Å². The van der Waals surface area contributed by atoms with E-state index in [1.54, 1.807) is 11.0 Å². The van der Waals surface area contributed by atoms with Crippen LogP contribution in [0, 0.1) is 0 Å². The first-order chi connectivity index (χ1) is 9.74. The first-order valence-corrected chi connectivity index (χ1v) is 6.74. The quantitative estimate of drug-likeness (QED) is 0.877. The SMILES string of the molecule is N[C@@H]1CCCN(C(=O)c2cccc(-n3cncn3)c2)C1. The standard InChI is InChI=1S/C14H17N5O/c15-12-4-2-6-18(8-12)14(20)11-3-1-5-13(7-11)19-10-16-9-17-19/h1,3,5,7,9-10,12H,2,4,6,8,15H2/t12-/m1/s1. The van der Waals surface area contributed by atoms with Gasteiger partial charge in [0.15, 0.2) is 0 Å². The van der Waals surface area contributed by atoms with E-state index in [4.69, 9.17) is 5.73 Å². The minimum atomic E-state index is 0.0297. The second-order valence-corrected chi connectivity index (χ2v) is 5.04. The fraction of sp³-hybridized carbons (Fsp3) is 0.357. The summed E-state index contributed by atoms with van der Waals surface area (Å²) in [5.74, 6) is 0.0297. The number of aromatic nitrogens is 3. The van der Waals surface area contributed by atoms with Crippen molar-refractivity contribution in [2.45, 2.75) is 18.9 Å². The first kappa shape index (κ1) is 12.8. The van der Waals surface area contributed by atoms with Crippen LogP contribution in [0.25, 0.3) is 5.69 Å². The van der Waals surface area contributed by atoms with Gasteiger partial charge < -0.3 is 10.6 Å². The number of amides is 1. The molecule has 0 unspecified atom stereocenters. The van der Waals surface area contributed by atoms with E-state index < -0.39 is 0 Å². The molecule has 3 rings (SSSR count). The van der Waals surface area contributed by atoms with Gasteiger partial charge in [0.25, 0.3) is 5.91 Å². The Hall–Kier alpha value is -2.21. The highest BCUT2D eigenvalue weighted by molar-refractivity contribution is 5.94. The highest BCUT2D eigenvalue weighted by Crippen LogP contribution is 2.15. The van der Waals surface area contributed by atoms with Gasteiger partial charge in [-0.25, -0.2) is 9.67 Å². The predicted octanol–water partition coefficient (Wildman–Crippen LogP) is 0.831. The molecule has 0 radical (unpaired) electrons. The smallest absolute Gasteiger partial charge is 0.253 e. The topological polar surface area (TPSA) is 77.0 Å². The number of likely N-dealkylation sites (tertiary alicyclic amines) is 1. The maximum Gasteiger partial charge on any atom is 0.253 e. The number of nitrogens with two attached hydrogens (primary N) is 1. The van der Waals surface area contributed by atoms with E-state index in [1.165, 1.54) is 6.33 Å². The third-order valence-corrected chi connectivity index (χ3v) is 3.52. The zero-order valence-corrected chi connectivity index (χ0v) is 11.1. The molecule has 1 aromatic carbocycles. The fourth-order valence-corrected chi connectivity index (χ4v) is 2.50. The molecule has 104 valence electrons. The number of piperidine rings is 1. The second kappa shape index (κ2) is 5.42.